The molecule has 4 nitrogen and oxygen atoms in total. The number of nitrogens with one attached hydrogen (secondary N) is 2. The normalized spacial score (nSPS) is 19.7. The Morgan fingerprint density at radius 2 is 2.29 bits per heavy atom. The van der Waals surface area contributed by atoms with Crippen LogP contribution in [0.2, 0.25) is 0 Å². The first-order chi connectivity index (χ1) is 8.33. The van der Waals surface area contributed by atoms with Crippen molar-refractivity contribution >= 4 is 0 Å². The second-order valence-electron chi connectivity index (χ2n) is 4.56. The average molecular weight is 228 g/mol. The molecule has 2 heterocycles. The third-order valence-electron chi connectivity index (χ3n) is 3.17. The zero-order chi connectivity index (χ0) is 11.7. The summed E-state index contributed by atoms with van der Waals surface area (Å²) in [6.45, 7) is 3.15. The van der Waals surface area contributed by atoms with Crippen LogP contribution in [0.25, 0.3) is 11.4 Å². The molecule has 1 aromatic heterocycles. The van der Waals surface area contributed by atoms with E-state index in [4.69, 9.17) is 0 Å². The van der Waals surface area contributed by atoms with E-state index in [-0.39, 0.29) is 0 Å². The molecule has 0 bridgehead atoms. The minimum absolute atomic E-state index is 0.348. The van der Waals surface area contributed by atoms with E-state index in [1.165, 1.54) is 12.0 Å². The van der Waals surface area contributed by atoms with Crippen LogP contribution in [-0.4, -0.2) is 21.7 Å². The predicted molar refractivity (Wildman–Crippen MR) is 66.5 cm³/mol. The molecule has 2 N–H and O–H groups in total. The summed E-state index contributed by atoms with van der Waals surface area (Å²) >= 11 is 0. The smallest absolute Gasteiger partial charge is 0.181 e. The lowest BCUT2D eigenvalue weighted by Gasteiger charge is -2.03. The van der Waals surface area contributed by atoms with Crippen LogP contribution in [0, 0.1) is 6.92 Å². The Balaban J connectivity index is 1.89. The second kappa shape index (κ2) is 4.30. The van der Waals surface area contributed by atoms with Crippen LogP contribution in [0.1, 0.15) is 30.3 Å². The highest BCUT2D eigenvalue weighted by Gasteiger charge is 2.20. The highest BCUT2D eigenvalue weighted by molar-refractivity contribution is 5.55. The molecule has 2 aromatic rings. The van der Waals surface area contributed by atoms with E-state index < -0.39 is 0 Å². The van der Waals surface area contributed by atoms with Gasteiger partial charge in [-0.1, -0.05) is 23.8 Å². The van der Waals surface area contributed by atoms with Gasteiger partial charge in [-0.3, -0.25) is 5.10 Å². The largest absolute Gasteiger partial charge is 0.307 e. The minimum atomic E-state index is 0.348. The Morgan fingerprint density at radius 1 is 1.35 bits per heavy atom. The highest BCUT2D eigenvalue weighted by atomic mass is 15.2. The fourth-order valence-electron chi connectivity index (χ4n) is 2.26. The molecule has 1 aliphatic rings. The molecule has 0 saturated carbocycles. The molecular weight excluding hydrogens is 212 g/mol. The third kappa shape index (κ3) is 2.08. The summed E-state index contributed by atoms with van der Waals surface area (Å²) in [5.41, 5.74) is 2.30. The molecule has 17 heavy (non-hydrogen) atoms. The maximum Gasteiger partial charge on any atom is 0.181 e. The van der Waals surface area contributed by atoms with Crippen molar-refractivity contribution in [1.29, 1.82) is 0 Å². The van der Waals surface area contributed by atoms with Gasteiger partial charge in [-0.15, -0.1) is 0 Å². The van der Waals surface area contributed by atoms with Crippen molar-refractivity contribution < 1.29 is 0 Å². The van der Waals surface area contributed by atoms with Crippen molar-refractivity contribution in [1.82, 2.24) is 20.5 Å². The van der Waals surface area contributed by atoms with Gasteiger partial charge in [-0.25, -0.2) is 4.98 Å². The van der Waals surface area contributed by atoms with Crippen LogP contribution in [0.5, 0.6) is 0 Å². The maximum absolute atomic E-state index is 4.57. The van der Waals surface area contributed by atoms with Gasteiger partial charge in [0.1, 0.15) is 5.82 Å². The molecule has 1 aromatic carbocycles. The fraction of sp³-hybridized carbons (Fsp3) is 0.385. The summed E-state index contributed by atoms with van der Waals surface area (Å²) in [6, 6.07) is 8.61. The van der Waals surface area contributed by atoms with Crippen molar-refractivity contribution in [3.63, 3.8) is 0 Å². The minimum Gasteiger partial charge on any atom is -0.307 e. The number of aromatic nitrogens is 3. The Morgan fingerprint density at radius 3 is 3.06 bits per heavy atom. The molecule has 1 saturated heterocycles. The van der Waals surface area contributed by atoms with Gasteiger partial charge >= 0.3 is 0 Å². The molecule has 0 radical (unpaired) electrons. The highest BCUT2D eigenvalue weighted by Crippen LogP contribution is 2.22. The van der Waals surface area contributed by atoms with Gasteiger partial charge in [-0.05, 0) is 32.4 Å². The van der Waals surface area contributed by atoms with Gasteiger partial charge in [0.05, 0.1) is 6.04 Å². The number of nitrogens with zero attached hydrogens (tertiary/aromatic N) is 2. The number of hydrogen-bond donors (Lipinski definition) is 2. The first-order valence-electron chi connectivity index (χ1n) is 6.05. The Hall–Kier alpha value is -1.68. The topological polar surface area (TPSA) is 53.6 Å². The lowest BCUT2D eigenvalue weighted by atomic mass is 10.1. The van der Waals surface area contributed by atoms with Gasteiger partial charge in [0.15, 0.2) is 5.82 Å². The van der Waals surface area contributed by atoms with Gasteiger partial charge < -0.3 is 5.32 Å². The Bertz CT molecular complexity index is 512. The summed E-state index contributed by atoms with van der Waals surface area (Å²) in [7, 11) is 0. The first-order valence-corrected chi connectivity index (χ1v) is 6.05. The van der Waals surface area contributed by atoms with Crippen LogP contribution in [-0.2, 0) is 0 Å². The Kier molecular flexibility index (Phi) is 2.65. The number of aromatic amines is 1. The van der Waals surface area contributed by atoms with Crippen molar-refractivity contribution in [2.24, 2.45) is 0 Å². The summed E-state index contributed by atoms with van der Waals surface area (Å²) in [5.74, 6) is 1.75. The van der Waals surface area contributed by atoms with Crippen molar-refractivity contribution in [3.8, 4) is 11.4 Å². The standard InChI is InChI=1S/C13H16N4/c1-9-4-2-5-10(8-9)12-15-13(17-16-12)11-6-3-7-14-11/h2,4-5,8,11,14H,3,6-7H2,1H3,(H,15,16,17). The summed E-state index contributed by atoms with van der Waals surface area (Å²) in [6.07, 6.45) is 2.35. The van der Waals surface area contributed by atoms with E-state index in [2.05, 4.69) is 39.6 Å². The van der Waals surface area contributed by atoms with Crippen LogP contribution in [0.4, 0.5) is 0 Å². The van der Waals surface area contributed by atoms with Crippen molar-refractivity contribution in [2.75, 3.05) is 6.54 Å². The molecular formula is C13H16N4. The Labute approximate surface area is 100 Å². The lowest BCUT2D eigenvalue weighted by molar-refractivity contribution is 0.608. The molecule has 0 spiro atoms. The van der Waals surface area contributed by atoms with E-state index in [0.717, 1.165) is 30.2 Å². The van der Waals surface area contributed by atoms with Crippen LogP contribution in [0.15, 0.2) is 24.3 Å². The number of hydrogen-bond acceptors (Lipinski definition) is 3. The van der Waals surface area contributed by atoms with Gasteiger partial charge in [-0.2, -0.15) is 5.10 Å². The molecule has 1 unspecified atom stereocenters. The van der Waals surface area contributed by atoms with E-state index >= 15 is 0 Å². The number of benzene rings is 1. The van der Waals surface area contributed by atoms with Crippen LogP contribution < -0.4 is 5.32 Å². The molecule has 0 amide bonds. The molecule has 1 atom stereocenters. The second-order valence-corrected chi connectivity index (χ2v) is 4.56. The summed E-state index contributed by atoms with van der Waals surface area (Å²) < 4.78 is 0. The molecule has 88 valence electrons. The summed E-state index contributed by atoms with van der Waals surface area (Å²) in [4.78, 5) is 4.57. The molecule has 3 rings (SSSR count). The summed E-state index contributed by atoms with van der Waals surface area (Å²) in [5, 5.41) is 10.8. The number of H-pyrrole nitrogens is 1. The molecule has 4 heteroatoms. The van der Waals surface area contributed by atoms with E-state index in [0.29, 0.717) is 6.04 Å². The van der Waals surface area contributed by atoms with Gasteiger partial charge in [0.2, 0.25) is 0 Å². The van der Waals surface area contributed by atoms with Gasteiger partial charge in [0, 0.05) is 5.56 Å². The zero-order valence-electron chi connectivity index (χ0n) is 9.90. The quantitative estimate of drug-likeness (QED) is 0.828. The van der Waals surface area contributed by atoms with Crippen LogP contribution in [0.3, 0.4) is 0 Å². The predicted octanol–water partition coefficient (Wildman–Crippen LogP) is 2.20. The van der Waals surface area contributed by atoms with Gasteiger partial charge in [0.25, 0.3) is 0 Å². The maximum atomic E-state index is 4.57. The van der Waals surface area contributed by atoms with E-state index in [1.807, 2.05) is 12.1 Å². The van der Waals surface area contributed by atoms with Crippen molar-refractivity contribution in [2.45, 2.75) is 25.8 Å². The average Bonchev–Trinajstić information content (AvgIpc) is 3.00. The van der Waals surface area contributed by atoms with Crippen LogP contribution >= 0.6 is 0 Å². The van der Waals surface area contributed by atoms with E-state index in [1.54, 1.807) is 0 Å². The molecule has 0 aliphatic carbocycles. The van der Waals surface area contributed by atoms with E-state index in [9.17, 15) is 0 Å². The monoisotopic (exact) mass is 228 g/mol. The number of rotatable bonds is 2. The molecule has 1 aliphatic heterocycles. The third-order valence-corrected chi connectivity index (χ3v) is 3.17. The lowest BCUT2D eigenvalue weighted by Crippen LogP contribution is -2.14. The zero-order valence-corrected chi connectivity index (χ0v) is 9.90. The fourth-order valence-corrected chi connectivity index (χ4v) is 2.26. The van der Waals surface area contributed by atoms with Crippen molar-refractivity contribution in [3.05, 3.63) is 35.7 Å². The molecule has 1 fully saturated rings. The first kappa shape index (κ1) is 10.5. The number of aryl methyl sites for hydroxylation is 1. The SMILES string of the molecule is Cc1cccc(-c2n[nH]c(C3CCCN3)n2)c1.